The minimum atomic E-state index is -7.00. The molecule has 1 saturated heterocycles. The van der Waals surface area contributed by atoms with Gasteiger partial charge < -0.3 is 4.74 Å². The van der Waals surface area contributed by atoms with E-state index < -0.39 is 35.3 Å². The molecule has 0 aliphatic carbocycles. The largest absolute Gasteiger partial charge is 0.493 e. The molecule has 0 amide bonds. The van der Waals surface area contributed by atoms with Crippen LogP contribution in [0, 0.1) is 0 Å². The summed E-state index contributed by atoms with van der Waals surface area (Å²) in [5.41, 5.74) is 0. The number of ether oxygens (including phenoxy) is 1. The number of hydrogen-bond donors (Lipinski definition) is 1. The molecule has 3 rings (SSSR count). The molecule has 1 fully saturated rings. The van der Waals surface area contributed by atoms with Crippen LogP contribution >= 0.6 is 12.0 Å². The minimum Gasteiger partial charge on any atom is -0.493 e. The summed E-state index contributed by atoms with van der Waals surface area (Å²) < 4.78 is 117. The molecule has 15 heteroatoms. The van der Waals surface area contributed by atoms with Crippen molar-refractivity contribution in [2.45, 2.75) is 60.8 Å². The number of rotatable bonds is 10. The number of halogens is 9. The first-order valence-corrected chi connectivity index (χ1v) is 13.2. The fourth-order valence-corrected chi connectivity index (χ4v) is 6.14. The number of hydrogen-bond acceptors (Lipinski definition) is 5. The van der Waals surface area contributed by atoms with E-state index in [1.165, 1.54) is 41.5 Å². The first-order chi connectivity index (χ1) is 17.2. The van der Waals surface area contributed by atoms with Crippen molar-refractivity contribution < 1.29 is 58.9 Å². The third kappa shape index (κ3) is 7.31. The van der Waals surface area contributed by atoms with Crippen LogP contribution in [0.1, 0.15) is 32.6 Å². The summed E-state index contributed by atoms with van der Waals surface area (Å²) in [4.78, 5) is 1.56. The Morgan fingerprint density at radius 3 is 2.00 bits per heavy atom. The number of benzene rings is 2. The summed E-state index contributed by atoms with van der Waals surface area (Å²) in [6.45, 7) is 3.03. The maximum atomic E-state index is 12.3. The monoisotopic (exact) mass is 587 g/mol. The van der Waals surface area contributed by atoms with Crippen LogP contribution in [0.4, 0.5) is 39.5 Å². The van der Waals surface area contributed by atoms with Gasteiger partial charge in [0, 0.05) is 21.7 Å². The summed E-state index contributed by atoms with van der Waals surface area (Å²) >= 11 is -1.91. The van der Waals surface area contributed by atoms with E-state index in [9.17, 15) is 39.5 Å². The van der Waals surface area contributed by atoms with E-state index in [1.807, 2.05) is 0 Å². The second-order valence-corrected chi connectivity index (χ2v) is 10.9. The quantitative estimate of drug-likeness (QED) is 0.0757. The van der Waals surface area contributed by atoms with Crippen LogP contribution in [0.3, 0.4) is 0 Å². The van der Waals surface area contributed by atoms with Gasteiger partial charge in [-0.15, -0.1) is 4.33 Å². The molecule has 0 aromatic heterocycles. The minimum absolute atomic E-state index is 0.464. The van der Waals surface area contributed by atoms with Gasteiger partial charge in [0.2, 0.25) is 0 Å². The molecule has 0 saturated carbocycles. The Hall–Kier alpha value is -1.55. The summed E-state index contributed by atoms with van der Waals surface area (Å²) in [5, 5.41) is 6.42. The van der Waals surface area contributed by atoms with E-state index in [0.717, 1.165) is 18.8 Å². The lowest BCUT2D eigenvalue weighted by molar-refractivity contribution is -0.436. The SMILES string of the molecule is CCCCOc1ccc([S+]2CCCC2)c2ccccc12.OOOSC(F)(F)C(F)(F)C(F)(F)C(F)(F)F. The predicted octanol–water partition coefficient (Wildman–Crippen LogP) is 8.27. The molecule has 0 unspecified atom stereocenters. The highest BCUT2D eigenvalue weighted by molar-refractivity contribution is 7.97. The Labute approximate surface area is 213 Å². The third-order valence-electron chi connectivity index (χ3n) is 5.23. The second kappa shape index (κ2) is 13.0. The lowest BCUT2D eigenvalue weighted by Gasteiger charge is -2.31. The Morgan fingerprint density at radius 2 is 1.46 bits per heavy atom. The van der Waals surface area contributed by atoms with Gasteiger partial charge in [-0.3, -0.25) is 0 Å². The van der Waals surface area contributed by atoms with Gasteiger partial charge in [0.1, 0.15) is 29.3 Å². The second-order valence-electron chi connectivity index (χ2n) is 7.81. The van der Waals surface area contributed by atoms with Crippen molar-refractivity contribution in [2.24, 2.45) is 0 Å². The molecule has 1 heterocycles. The van der Waals surface area contributed by atoms with Gasteiger partial charge in [-0.25, -0.2) is 5.26 Å². The maximum Gasteiger partial charge on any atom is 0.460 e. The lowest BCUT2D eigenvalue weighted by atomic mass is 10.1. The highest BCUT2D eigenvalue weighted by Gasteiger charge is 2.82. The van der Waals surface area contributed by atoms with Crippen LogP contribution < -0.4 is 4.74 Å². The fourth-order valence-electron chi connectivity index (χ4n) is 3.29. The van der Waals surface area contributed by atoms with Crippen molar-refractivity contribution in [3.05, 3.63) is 36.4 Å². The zero-order chi connectivity index (χ0) is 27.9. The summed E-state index contributed by atoms with van der Waals surface area (Å²) in [7, 11) is 0.464. The molecule has 0 radical (unpaired) electrons. The van der Waals surface area contributed by atoms with Crippen LogP contribution in [-0.4, -0.2) is 46.6 Å². The molecule has 37 heavy (non-hydrogen) atoms. The van der Waals surface area contributed by atoms with Crippen LogP contribution in [0.25, 0.3) is 10.8 Å². The smallest absolute Gasteiger partial charge is 0.460 e. The molecule has 1 aliphatic rings. The summed E-state index contributed by atoms with van der Waals surface area (Å²) in [5.74, 6) is -10.0. The molecule has 2 aromatic carbocycles. The van der Waals surface area contributed by atoms with Gasteiger partial charge in [-0.1, -0.05) is 36.6 Å². The van der Waals surface area contributed by atoms with Gasteiger partial charge >= 0.3 is 23.3 Å². The van der Waals surface area contributed by atoms with Crippen LogP contribution in [0.15, 0.2) is 41.3 Å². The Balaban J connectivity index is 0.000000265. The van der Waals surface area contributed by atoms with E-state index in [1.54, 1.807) is 4.90 Å². The van der Waals surface area contributed by atoms with Crippen LogP contribution in [-0.2, 0) is 20.3 Å². The van der Waals surface area contributed by atoms with Crippen molar-refractivity contribution in [2.75, 3.05) is 18.1 Å². The predicted molar refractivity (Wildman–Crippen MR) is 122 cm³/mol. The average Bonchev–Trinajstić information content (AvgIpc) is 3.37. The van der Waals surface area contributed by atoms with E-state index >= 15 is 0 Å². The van der Waals surface area contributed by atoms with E-state index in [0.29, 0.717) is 10.9 Å². The zero-order valence-electron chi connectivity index (χ0n) is 19.3. The molecule has 0 bridgehead atoms. The summed E-state index contributed by atoms with van der Waals surface area (Å²) in [6.07, 6.45) is -1.81. The number of unbranched alkanes of at least 4 members (excludes halogenated alkanes) is 1. The van der Waals surface area contributed by atoms with Gasteiger partial charge in [0.05, 0.1) is 6.61 Å². The molecular weight excluding hydrogens is 563 g/mol. The molecule has 4 nitrogen and oxygen atoms in total. The van der Waals surface area contributed by atoms with Crippen molar-refractivity contribution in [1.29, 1.82) is 0 Å². The van der Waals surface area contributed by atoms with Crippen LogP contribution in [0.2, 0.25) is 0 Å². The van der Waals surface area contributed by atoms with Gasteiger partial charge in [0.25, 0.3) is 0 Å². The fraction of sp³-hybridized carbons (Fsp3) is 0.545. The number of fused-ring (bicyclic) bond motifs is 1. The first kappa shape index (κ1) is 31.7. The van der Waals surface area contributed by atoms with Gasteiger partial charge in [0.15, 0.2) is 4.90 Å². The van der Waals surface area contributed by atoms with E-state index in [-0.39, 0.29) is 0 Å². The highest BCUT2D eigenvalue weighted by Crippen LogP contribution is 2.56. The molecule has 2 aromatic rings. The number of alkyl halides is 9. The van der Waals surface area contributed by atoms with Crippen molar-refractivity contribution >= 4 is 33.7 Å². The third-order valence-corrected chi connectivity index (χ3v) is 8.36. The Morgan fingerprint density at radius 1 is 0.865 bits per heavy atom. The maximum absolute atomic E-state index is 12.3. The van der Waals surface area contributed by atoms with Gasteiger partial charge in [-0.05, 0) is 37.5 Å². The van der Waals surface area contributed by atoms with Crippen molar-refractivity contribution in [3.8, 4) is 5.75 Å². The summed E-state index contributed by atoms with van der Waals surface area (Å²) in [6, 6.07) is 13.3. The van der Waals surface area contributed by atoms with Crippen molar-refractivity contribution in [1.82, 2.24) is 0 Å². The highest BCUT2D eigenvalue weighted by atomic mass is 32.2. The van der Waals surface area contributed by atoms with Crippen molar-refractivity contribution in [3.63, 3.8) is 0 Å². The molecular formula is C22H24F9O4S2+. The standard InChI is InChI=1S/C18H23OS.C4HF9O3S/c1-2-3-12-19-17-10-11-18(20-13-6-7-14-20)16-9-5-4-8-15(16)17;5-1(6,3(9,10)11)2(7,8)4(12,13)17-16-15-14/h4-5,8-11H,2-3,6-7,12-14H2,1H3;14H/q+1;. The Kier molecular flexibility index (Phi) is 11.1. The van der Waals surface area contributed by atoms with E-state index in [2.05, 4.69) is 52.7 Å². The normalized spacial score (nSPS) is 15.5. The molecule has 1 aliphatic heterocycles. The molecule has 1 N–H and O–H groups in total. The van der Waals surface area contributed by atoms with E-state index in [4.69, 9.17) is 9.99 Å². The lowest BCUT2D eigenvalue weighted by Crippen LogP contribution is -2.59. The molecule has 0 spiro atoms. The average molecular weight is 588 g/mol. The van der Waals surface area contributed by atoms with Gasteiger partial charge in [-0.2, -0.15) is 39.5 Å². The molecule has 210 valence electrons. The zero-order valence-corrected chi connectivity index (χ0v) is 20.9. The van der Waals surface area contributed by atoms with Crippen LogP contribution in [0.5, 0.6) is 5.75 Å². The molecule has 0 atom stereocenters. The first-order valence-electron chi connectivity index (χ1n) is 10.9. The topological polar surface area (TPSA) is 47.9 Å². The Bertz CT molecular complexity index is 1000.